The topological polar surface area (TPSA) is 26.3 Å². The van der Waals surface area contributed by atoms with Crippen LogP contribution in [0.25, 0.3) is 0 Å². The summed E-state index contributed by atoms with van der Waals surface area (Å²) in [5.74, 6) is 1.32. The van der Waals surface area contributed by atoms with Crippen molar-refractivity contribution in [2.45, 2.75) is 0 Å². The van der Waals surface area contributed by atoms with Gasteiger partial charge in [-0.3, -0.25) is 4.79 Å². The maximum absolute atomic E-state index is 10.5. The lowest BCUT2D eigenvalue weighted by Crippen LogP contribution is -1.80. The van der Waals surface area contributed by atoms with Gasteiger partial charge in [-0.05, 0) is 18.2 Å². The van der Waals surface area contributed by atoms with E-state index in [0.29, 0.717) is 21.4 Å². The molecular weight excluding hydrogens is 232 g/mol. The molecule has 1 heterocycles. The molecule has 15 heavy (non-hydrogen) atoms. The lowest BCUT2D eigenvalue weighted by atomic mass is 10.3. The van der Waals surface area contributed by atoms with Gasteiger partial charge in [-0.25, -0.2) is 0 Å². The second kappa shape index (κ2) is 4.47. The molecule has 4 heteroatoms. The summed E-state index contributed by atoms with van der Waals surface area (Å²) in [7, 11) is 0. The lowest BCUT2D eigenvalue weighted by molar-refractivity contribution is 0.112. The van der Waals surface area contributed by atoms with Gasteiger partial charge in [0.2, 0.25) is 0 Å². The molecule has 0 spiro atoms. The number of hydrogen-bond donors (Lipinski definition) is 0. The zero-order valence-corrected chi connectivity index (χ0v) is 9.22. The first-order valence-corrected chi connectivity index (χ1v) is 5.51. The molecule has 1 aromatic carbocycles. The van der Waals surface area contributed by atoms with E-state index >= 15 is 0 Å². The molecular formula is C11H7ClO2S. The maximum atomic E-state index is 10.5. The summed E-state index contributed by atoms with van der Waals surface area (Å²) in [5, 5.41) is 2.41. The van der Waals surface area contributed by atoms with E-state index in [0.717, 1.165) is 6.29 Å². The number of halogens is 1. The Morgan fingerprint density at radius 3 is 2.80 bits per heavy atom. The molecule has 0 aliphatic carbocycles. The van der Waals surface area contributed by atoms with E-state index in [2.05, 4.69) is 0 Å². The van der Waals surface area contributed by atoms with Crippen molar-refractivity contribution in [2.24, 2.45) is 0 Å². The van der Waals surface area contributed by atoms with Crippen molar-refractivity contribution < 1.29 is 9.53 Å². The van der Waals surface area contributed by atoms with Gasteiger partial charge in [0, 0.05) is 16.5 Å². The molecule has 76 valence electrons. The number of hydrogen-bond acceptors (Lipinski definition) is 3. The van der Waals surface area contributed by atoms with Crippen molar-refractivity contribution in [3.63, 3.8) is 0 Å². The molecule has 2 nitrogen and oxygen atoms in total. The number of rotatable bonds is 3. The Morgan fingerprint density at radius 1 is 1.27 bits per heavy atom. The van der Waals surface area contributed by atoms with E-state index < -0.39 is 0 Å². The fourth-order valence-electron chi connectivity index (χ4n) is 1.12. The number of benzene rings is 1. The number of carbonyl (C=O) groups excluding carboxylic acids is 1. The van der Waals surface area contributed by atoms with Gasteiger partial charge in [-0.2, -0.15) is 0 Å². The van der Waals surface area contributed by atoms with Crippen molar-refractivity contribution in [1.29, 1.82) is 0 Å². The first-order valence-electron chi connectivity index (χ1n) is 4.25. The number of carbonyl (C=O) groups is 1. The molecule has 0 aliphatic rings. The quantitative estimate of drug-likeness (QED) is 0.756. The molecule has 0 amide bonds. The second-order valence-corrected chi connectivity index (χ2v) is 4.24. The highest BCUT2D eigenvalue weighted by Crippen LogP contribution is 2.27. The standard InChI is InChI=1S/C11H7ClO2S/c12-8-2-1-3-9(4-8)14-10-5-11(6-13)15-7-10/h1-7H. The molecule has 2 aromatic rings. The van der Waals surface area contributed by atoms with Gasteiger partial charge in [-0.15, -0.1) is 11.3 Å². The fraction of sp³-hybridized carbons (Fsp3) is 0. The van der Waals surface area contributed by atoms with E-state index in [1.165, 1.54) is 11.3 Å². The van der Waals surface area contributed by atoms with E-state index in [1.54, 1.807) is 23.6 Å². The third-order valence-electron chi connectivity index (χ3n) is 1.74. The van der Waals surface area contributed by atoms with Gasteiger partial charge < -0.3 is 4.74 Å². The number of aldehydes is 1. The van der Waals surface area contributed by atoms with Gasteiger partial charge in [0.25, 0.3) is 0 Å². The van der Waals surface area contributed by atoms with Crippen molar-refractivity contribution in [1.82, 2.24) is 0 Å². The molecule has 0 saturated heterocycles. The van der Waals surface area contributed by atoms with Crippen LogP contribution < -0.4 is 4.74 Å². The largest absolute Gasteiger partial charge is 0.456 e. The van der Waals surface area contributed by atoms with E-state index in [1.807, 2.05) is 12.1 Å². The van der Waals surface area contributed by atoms with E-state index in [9.17, 15) is 4.79 Å². The van der Waals surface area contributed by atoms with Crippen molar-refractivity contribution >= 4 is 29.2 Å². The van der Waals surface area contributed by atoms with Crippen LogP contribution in [0.2, 0.25) is 5.02 Å². The van der Waals surface area contributed by atoms with Crippen LogP contribution in [0, 0.1) is 0 Å². The molecule has 0 atom stereocenters. The van der Waals surface area contributed by atoms with Gasteiger partial charge in [0.1, 0.15) is 11.5 Å². The minimum Gasteiger partial charge on any atom is -0.456 e. The van der Waals surface area contributed by atoms with Gasteiger partial charge in [0.05, 0.1) is 4.88 Å². The molecule has 0 fully saturated rings. The molecule has 2 rings (SSSR count). The molecule has 0 bridgehead atoms. The van der Waals surface area contributed by atoms with Crippen LogP contribution in [0.15, 0.2) is 35.7 Å². The summed E-state index contributed by atoms with van der Waals surface area (Å²) in [6.45, 7) is 0. The predicted octanol–water partition coefficient (Wildman–Crippen LogP) is 4.01. The summed E-state index contributed by atoms with van der Waals surface area (Å²) in [4.78, 5) is 11.1. The Labute approximate surface area is 96.1 Å². The van der Waals surface area contributed by atoms with Gasteiger partial charge in [0.15, 0.2) is 6.29 Å². The van der Waals surface area contributed by atoms with Crippen molar-refractivity contribution in [3.8, 4) is 11.5 Å². The normalized spacial score (nSPS) is 9.93. The second-order valence-electron chi connectivity index (χ2n) is 2.86. The van der Waals surface area contributed by atoms with Crippen LogP contribution in [0.5, 0.6) is 11.5 Å². The minimum absolute atomic E-state index is 0.623. The predicted molar refractivity (Wildman–Crippen MR) is 61.2 cm³/mol. The van der Waals surface area contributed by atoms with Crippen LogP contribution >= 0.6 is 22.9 Å². The number of thiophene rings is 1. The Balaban J connectivity index is 2.18. The van der Waals surface area contributed by atoms with Crippen LogP contribution in [-0.2, 0) is 0 Å². The zero-order valence-electron chi connectivity index (χ0n) is 7.64. The molecule has 0 N–H and O–H groups in total. The fourth-order valence-corrected chi connectivity index (χ4v) is 1.90. The third-order valence-corrected chi connectivity index (χ3v) is 2.82. The highest BCUT2D eigenvalue weighted by atomic mass is 35.5. The van der Waals surface area contributed by atoms with Crippen LogP contribution in [0.1, 0.15) is 9.67 Å². The molecule has 0 aliphatic heterocycles. The molecule has 1 aromatic heterocycles. The van der Waals surface area contributed by atoms with Gasteiger partial charge in [-0.1, -0.05) is 17.7 Å². The van der Waals surface area contributed by atoms with E-state index in [-0.39, 0.29) is 0 Å². The summed E-state index contributed by atoms with van der Waals surface area (Å²) < 4.78 is 5.51. The summed E-state index contributed by atoms with van der Waals surface area (Å²) >= 11 is 7.16. The Morgan fingerprint density at radius 2 is 2.13 bits per heavy atom. The Hall–Kier alpha value is -1.32. The van der Waals surface area contributed by atoms with E-state index in [4.69, 9.17) is 16.3 Å². The molecule has 0 radical (unpaired) electrons. The van der Waals surface area contributed by atoms with Crippen LogP contribution in [-0.4, -0.2) is 6.29 Å². The maximum Gasteiger partial charge on any atom is 0.160 e. The van der Waals surface area contributed by atoms with Crippen molar-refractivity contribution in [2.75, 3.05) is 0 Å². The average Bonchev–Trinajstić information content (AvgIpc) is 2.65. The SMILES string of the molecule is O=Cc1cc(Oc2cccc(Cl)c2)cs1. The minimum atomic E-state index is 0.623. The monoisotopic (exact) mass is 238 g/mol. The Kier molecular flexibility index (Phi) is 3.04. The first-order chi connectivity index (χ1) is 7.28. The Bertz CT molecular complexity index is 479. The summed E-state index contributed by atoms with van der Waals surface area (Å²) in [6.07, 6.45) is 0.801. The molecule has 0 unspecified atom stereocenters. The average molecular weight is 239 g/mol. The third kappa shape index (κ3) is 2.58. The highest BCUT2D eigenvalue weighted by Gasteiger charge is 2.01. The lowest BCUT2D eigenvalue weighted by Gasteiger charge is -2.02. The summed E-state index contributed by atoms with van der Waals surface area (Å²) in [6, 6.07) is 8.81. The summed E-state index contributed by atoms with van der Waals surface area (Å²) in [5.41, 5.74) is 0. The first kappa shape index (κ1) is 10.2. The zero-order chi connectivity index (χ0) is 10.7. The van der Waals surface area contributed by atoms with Gasteiger partial charge >= 0.3 is 0 Å². The van der Waals surface area contributed by atoms with Crippen LogP contribution in [0.3, 0.4) is 0 Å². The number of ether oxygens (including phenoxy) is 1. The van der Waals surface area contributed by atoms with Crippen molar-refractivity contribution in [3.05, 3.63) is 45.6 Å². The van der Waals surface area contributed by atoms with Crippen LogP contribution in [0.4, 0.5) is 0 Å². The molecule has 0 saturated carbocycles. The smallest absolute Gasteiger partial charge is 0.160 e. The highest BCUT2D eigenvalue weighted by molar-refractivity contribution is 7.11.